The fourth-order valence-electron chi connectivity index (χ4n) is 4.09. The summed E-state index contributed by atoms with van der Waals surface area (Å²) in [6.45, 7) is 0.912. The van der Waals surface area contributed by atoms with E-state index < -0.39 is 35.1 Å². The zero-order valence-corrected chi connectivity index (χ0v) is 17.2. The molecular weight excluding hydrogens is 425 g/mol. The second-order valence-corrected chi connectivity index (χ2v) is 8.04. The van der Waals surface area contributed by atoms with E-state index in [-0.39, 0.29) is 13.0 Å². The Morgan fingerprint density at radius 1 is 1.12 bits per heavy atom. The molecular formula is C23H23F3N2O4. The van der Waals surface area contributed by atoms with Crippen LogP contribution >= 0.6 is 0 Å². The molecule has 6 nitrogen and oxygen atoms in total. The third-order valence-electron chi connectivity index (χ3n) is 5.95. The highest BCUT2D eigenvalue weighted by Gasteiger charge is 2.38. The van der Waals surface area contributed by atoms with Crippen molar-refractivity contribution in [1.82, 2.24) is 5.32 Å². The Kier molecular flexibility index (Phi) is 6.10. The minimum absolute atomic E-state index is 0.140. The highest BCUT2D eigenvalue weighted by molar-refractivity contribution is 5.99. The van der Waals surface area contributed by atoms with Gasteiger partial charge in [0, 0.05) is 25.2 Å². The van der Waals surface area contributed by atoms with Crippen molar-refractivity contribution in [1.29, 1.82) is 0 Å². The van der Waals surface area contributed by atoms with Crippen LogP contribution in [0.1, 0.15) is 30.4 Å². The van der Waals surface area contributed by atoms with E-state index in [1.807, 2.05) is 0 Å². The van der Waals surface area contributed by atoms with Crippen LogP contribution in [0.4, 0.5) is 18.9 Å². The van der Waals surface area contributed by atoms with E-state index >= 15 is 0 Å². The summed E-state index contributed by atoms with van der Waals surface area (Å²) in [6.07, 6.45) is -4.68. The predicted octanol–water partition coefficient (Wildman–Crippen LogP) is 3.66. The van der Waals surface area contributed by atoms with Crippen molar-refractivity contribution in [2.75, 3.05) is 25.1 Å². The molecule has 0 radical (unpaired) electrons. The molecule has 0 aliphatic carbocycles. The molecule has 1 unspecified atom stereocenters. The molecule has 0 aromatic heterocycles. The van der Waals surface area contributed by atoms with Gasteiger partial charge in [0.05, 0.1) is 17.7 Å². The van der Waals surface area contributed by atoms with Gasteiger partial charge < -0.3 is 20.1 Å². The molecule has 170 valence electrons. The minimum Gasteiger partial charge on any atom is -0.478 e. The number of ether oxygens (including phenoxy) is 2. The molecule has 2 N–H and O–H groups in total. The van der Waals surface area contributed by atoms with Crippen molar-refractivity contribution in [3.05, 3.63) is 59.7 Å². The number of hydrogen-bond acceptors (Lipinski definition) is 4. The minimum atomic E-state index is -4.45. The Hall–Kier alpha value is -3.07. The fourth-order valence-corrected chi connectivity index (χ4v) is 4.09. The lowest BCUT2D eigenvalue weighted by Gasteiger charge is -2.38. The lowest BCUT2D eigenvalue weighted by Crippen LogP contribution is -2.47. The summed E-state index contributed by atoms with van der Waals surface area (Å²) in [7, 11) is 0. The standard InChI is InChI=1S/C23H23F3N2O4/c24-23(25,26)16-5-3-4-15(12-16)22(8-10-31-11-9-22)14-27-20(29)13-19-21(30)28-17-6-1-2-7-18(17)32-19/h1-7,12,19H,8-11,13-14H2,(H,27,29)(H,28,30). The summed E-state index contributed by atoms with van der Waals surface area (Å²) in [5, 5.41) is 5.51. The number of nitrogens with one attached hydrogen (secondary N) is 2. The predicted molar refractivity (Wildman–Crippen MR) is 110 cm³/mol. The molecule has 1 saturated heterocycles. The normalized spacial score (nSPS) is 20.0. The number of fused-ring (bicyclic) bond motifs is 1. The average Bonchev–Trinajstić information content (AvgIpc) is 2.78. The number of para-hydroxylation sites is 2. The highest BCUT2D eigenvalue weighted by Crippen LogP contribution is 2.38. The van der Waals surface area contributed by atoms with Crippen molar-refractivity contribution >= 4 is 17.5 Å². The van der Waals surface area contributed by atoms with Gasteiger partial charge in [0.15, 0.2) is 6.10 Å². The summed E-state index contributed by atoms with van der Waals surface area (Å²) in [5.41, 5.74) is -0.355. The van der Waals surface area contributed by atoms with E-state index in [4.69, 9.17) is 9.47 Å². The fraction of sp³-hybridized carbons (Fsp3) is 0.391. The molecule has 9 heteroatoms. The van der Waals surface area contributed by atoms with Crippen molar-refractivity contribution in [3.63, 3.8) is 0 Å². The number of anilines is 1. The number of alkyl halides is 3. The number of halogens is 3. The number of hydrogen-bond donors (Lipinski definition) is 2. The van der Waals surface area contributed by atoms with Crippen LogP contribution in [-0.2, 0) is 25.9 Å². The van der Waals surface area contributed by atoms with Gasteiger partial charge in [-0.15, -0.1) is 0 Å². The van der Waals surface area contributed by atoms with Crippen LogP contribution in [0.2, 0.25) is 0 Å². The molecule has 0 bridgehead atoms. The molecule has 2 aromatic rings. The van der Waals surface area contributed by atoms with Gasteiger partial charge in [0.25, 0.3) is 5.91 Å². The molecule has 0 saturated carbocycles. The molecule has 2 amide bonds. The highest BCUT2D eigenvalue weighted by atomic mass is 19.4. The number of carbonyl (C=O) groups is 2. The first kappa shape index (κ1) is 22.1. The summed E-state index contributed by atoms with van der Waals surface area (Å²) >= 11 is 0. The molecule has 2 aliphatic heterocycles. The summed E-state index contributed by atoms with van der Waals surface area (Å²) in [6, 6.07) is 12.1. The topological polar surface area (TPSA) is 76.7 Å². The van der Waals surface area contributed by atoms with Crippen LogP contribution in [-0.4, -0.2) is 37.7 Å². The van der Waals surface area contributed by atoms with Crippen LogP contribution in [0.3, 0.4) is 0 Å². The number of rotatable bonds is 5. The Morgan fingerprint density at radius 3 is 2.62 bits per heavy atom. The third-order valence-corrected chi connectivity index (χ3v) is 5.95. The summed E-state index contributed by atoms with van der Waals surface area (Å²) in [5.74, 6) is -0.352. The van der Waals surface area contributed by atoms with Crippen molar-refractivity contribution in [2.24, 2.45) is 0 Å². The Balaban J connectivity index is 1.45. The Bertz CT molecular complexity index is 1000. The van der Waals surface area contributed by atoms with E-state index in [0.29, 0.717) is 43.1 Å². The van der Waals surface area contributed by atoms with E-state index in [1.165, 1.54) is 6.07 Å². The van der Waals surface area contributed by atoms with Crippen molar-refractivity contribution < 1.29 is 32.2 Å². The van der Waals surface area contributed by atoms with E-state index in [0.717, 1.165) is 12.1 Å². The molecule has 32 heavy (non-hydrogen) atoms. The second-order valence-electron chi connectivity index (χ2n) is 8.04. The van der Waals surface area contributed by atoms with Gasteiger partial charge in [0.1, 0.15) is 5.75 Å². The maximum atomic E-state index is 13.2. The molecule has 1 atom stereocenters. The van der Waals surface area contributed by atoms with Crippen LogP contribution in [0, 0.1) is 0 Å². The first-order valence-electron chi connectivity index (χ1n) is 10.4. The van der Waals surface area contributed by atoms with Crippen molar-refractivity contribution in [3.8, 4) is 5.75 Å². The van der Waals surface area contributed by atoms with Gasteiger partial charge in [-0.1, -0.05) is 30.3 Å². The number of amides is 2. The van der Waals surface area contributed by atoms with Gasteiger partial charge in [-0.3, -0.25) is 9.59 Å². The van der Waals surface area contributed by atoms with Gasteiger partial charge >= 0.3 is 6.18 Å². The van der Waals surface area contributed by atoms with Gasteiger partial charge in [0.2, 0.25) is 5.91 Å². The van der Waals surface area contributed by atoms with Gasteiger partial charge in [-0.05, 0) is 36.6 Å². The van der Waals surface area contributed by atoms with Gasteiger partial charge in [-0.25, -0.2) is 0 Å². The maximum absolute atomic E-state index is 13.2. The van der Waals surface area contributed by atoms with Gasteiger partial charge in [-0.2, -0.15) is 13.2 Å². The second kappa shape index (κ2) is 8.82. The van der Waals surface area contributed by atoms with Crippen LogP contribution in [0.25, 0.3) is 0 Å². The third kappa shape index (κ3) is 4.72. The largest absolute Gasteiger partial charge is 0.478 e. The summed E-state index contributed by atoms with van der Waals surface area (Å²) in [4.78, 5) is 24.9. The Labute approximate surface area is 183 Å². The zero-order valence-electron chi connectivity index (χ0n) is 17.2. The quantitative estimate of drug-likeness (QED) is 0.732. The smallest absolute Gasteiger partial charge is 0.416 e. The molecule has 2 aromatic carbocycles. The summed E-state index contributed by atoms with van der Waals surface area (Å²) < 4.78 is 50.8. The number of benzene rings is 2. The van der Waals surface area contributed by atoms with Crippen molar-refractivity contribution in [2.45, 2.75) is 37.0 Å². The molecule has 2 heterocycles. The zero-order chi connectivity index (χ0) is 22.8. The monoisotopic (exact) mass is 448 g/mol. The first-order valence-corrected chi connectivity index (χ1v) is 10.4. The first-order chi connectivity index (χ1) is 15.3. The Morgan fingerprint density at radius 2 is 1.88 bits per heavy atom. The molecule has 1 fully saturated rings. The van der Waals surface area contributed by atoms with E-state index in [1.54, 1.807) is 30.3 Å². The number of carbonyl (C=O) groups excluding carboxylic acids is 2. The SMILES string of the molecule is O=C(CC1Oc2ccccc2NC1=O)NCC1(c2cccc(C(F)(F)F)c2)CCOCC1. The molecule has 2 aliphatic rings. The van der Waals surface area contributed by atoms with Crippen LogP contribution in [0.5, 0.6) is 5.75 Å². The van der Waals surface area contributed by atoms with E-state index in [9.17, 15) is 22.8 Å². The molecule has 0 spiro atoms. The van der Waals surface area contributed by atoms with Crippen LogP contribution < -0.4 is 15.4 Å². The van der Waals surface area contributed by atoms with Crippen LogP contribution in [0.15, 0.2) is 48.5 Å². The lowest BCUT2D eigenvalue weighted by molar-refractivity contribution is -0.137. The average molecular weight is 448 g/mol. The maximum Gasteiger partial charge on any atom is 0.416 e. The lowest BCUT2D eigenvalue weighted by atomic mass is 9.73. The van der Waals surface area contributed by atoms with E-state index in [2.05, 4.69) is 10.6 Å². The molecule has 4 rings (SSSR count).